The molecule has 1 aliphatic heterocycles. The van der Waals surface area contributed by atoms with Gasteiger partial charge in [0, 0.05) is 31.1 Å². The highest BCUT2D eigenvalue weighted by atomic mass is 32.1. The maximum atomic E-state index is 13.3. The fourth-order valence-corrected chi connectivity index (χ4v) is 5.86. The van der Waals surface area contributed by atoms with Crippen LogP contribution in [-0.4, -0.2) is 112 Å². The smallest absolute Gasteiger partial charge is 0.272 e. The molecule has 3 amide bonds. The number of ether oxygens (including phenoxy) is 1. The largest absolute Gasteiger partial charge is 0.494 e. The van der Waals surface area contributed by atoms with Gasteiger partial charge in [0.2, 0.25) is 5.91 Å². The standard InChI is InChI=1S/C28H31B3N8O4S/c1-38(2)16-9-11-39(12-10-16)27(42)20-14-32-26(44-20)17-5-4-6-18(23(17)43-3)33-19-13-21(34-24(40)15-7-8-15)36-37-22(19)25(41)35-28(29,30)31/h4-6,13-16H,7-12H2,1-3H3,(H,35,41)(H2,33,34,36,40). The predicted molar refractivity (Wildman–Crippen MR) is 171 cm³/mol. The number of amides is 3. The first-order chi connectivity index (χ1) is 20.9. The van der Waals surface area contributed by atoms with E-state index >= 15 is 0 Å². The second kappa shape index (κ2) is 13.0. The average Bonchev–Trinajstić information content (AvgIpc) is 3.72. The van der Waals surface area contributed by atoms with Crippen LogP contribution in [0.25, 0.3) is 10.6 Å². The summed E-state index contributed by atoms with van der Waals surface area (Å²) in [6, 6.07) is 7.28. The van der Waals surface area contributed by atoms with Gasteiger partial charge in [-0.05, 0) is 51.9 Å². The molecule has 222 valence electrons. The van der Waals surface area contributed by atoms with Crippen molar-refractivity contribution < 1.29 is 19.1 Å². The molecule has 0 unspecified atom stereocenters. The highest BCUT2D eigenvalue weighted by Crippen LogP contribution is 2.40. The third kappa shape index (κ3) is 7.41. The molecule has 1 aromatic carbocycles. The number of carbonyl (C=O) groups excluding carboxylic acids is 3. The number of hydrogen-bond donors (Lipinski definition) is 3. The number of benzene rings is 1. The summed E-state index contributed by atoms with van der Waals surface area (Å²) >= 11 is 1.28. The predicted octanol–water partition coefficient (Wildman–Crippen LogP) is 1.71. The molecule has 3 aromatic rings. The van der Waals surface area contributed by atoms with Crippen molar-refractivity contribution in [3.8, 4) is 16.3 Å². The van der Waals surface area contributed by atoms with Crippen molar-refractivity contribution in [1.82, 2.24) is 30.3 Å². The number of hydrogen-bond acceptors (Lipinski definition) is 10. The van der Waals surface area contributed by atoms with Gasteiger partial charge in [0.15, 0.2) is 17.3 Å². The molecule has 6 radical (unpaired) electrons. The first-order valence-corrected chi connectivity index (χ1v) is 15.0. The zero-order chi connectivity index (χ0) is 31.6. The molecular formula is C28H31B3N8O4S. The van der Waals surface area contributed by atoms with Gasteiger partial charge in [-0.1, -0.05) is 11.3 Å². The third-order valence-electron chi connectivity index (χ3n) is 7.46. The van der Waals surface area contributed by atoms with Crippen LogP contribution >= 0.6 is 11.3 Å². The van der Waals surface area contributed by atoms with Gasteiger partial charge in [-0.25, -0.2) is 4.98 Å². The molecule has 44 heavy (non-hydrogen) atoms. The quantitative estimate of drug-likeness (QED) is 0.294. The van der Waals surface area contributed by atoms with E-state index in [-0.39, 0.29) is 34.9 Å². The van der Waals surface area contributed by atoms with Crippen molar-refractivity contribution in [3.05, 3.63) is 41.0 Å². The maximum Gasteiger partial charge on any atom is 0.272 e. The number of nitrogens with one attached hydrogen (secondary N) is 3. The van der Waals surface area contributed by atoms with Gasteiger partial charge in [0.05, 0.1) is 53.8 Å². The lowest BCUT2D eigenvalue weighted by atomic mass is 9.49. The topological polar surface area (TPSA) is 142 Å². The molecule has 2 aromatic heterocycles. The molecule has 3 heterocycles. The fourth-order valence-electron chi connectivity index (χ4n) is 4.95. The second-order valence-corrected chi connectivity index (χ2v) is 12.2. The van der Waals surface area contributed by atoms with Crippen LogP contribution in [0.1, 0.15) is 45.8 Å². The molecule has 2 aliphatic rings. The summed E-state index contributed by atoms with van der Waals surface area (Å²) in [4.78, 5) is 47.7. The highest BCUT2D eigenvalue weighted by Gasteiger charge is 2.31. The molecule has 12 nitrogen and oxygen atoms in total. The van der Waals surface area contributed by atoms with Crippen molar-refractivity contribution in [1.29, 1.82) is 0 Å². The SMILES string of the molecule is [B]C([B])([B])NC(=O)c1nnc(NC(=O)C2CC2)cc1Nc1cccc(-c2ncc(C(=O)N3CCC(N(C)C)CC3)s2)c1OC. The monoisotopic (exact) mass is 608 g/mol. The van der Waals surface area contributed by atoms with Crippen molar-refractivity contribution in [2.24, 2.45) is 5.92 Å². The Hall–Kier alpha value is -3.91. The molecule has 1 aliphatic carbocycles. The van der Waals surface area contributed by atoms with E-state index in [1.54, 1.807) is 18.3 Å². The molecule has 1 saturated carbocycles. The Morgan fingerprint density at radius 1 is 1.07 bits per heavy atom. The number of rotatable bonds is 10. The van der Waals surface area contributed by atoms with Crippen molar-refractivity contribution >= 4 is 69.8 Å². The van der Waals surface area contributed by atoms with Crippen LogP contribution in [0.5, 0.6) is 5.75 Å². The molecule has 16 heteroatoms. The Balaban J connectivity index is 1.41. The van der Waals surface area contributed by atoms with Crippen LogP contribution < -0.4 is 20.7 Å². The molecular weight excluding hydrogens is 577 g/mol. The summed E-state index contributed by atoms with van der Waals surface area (Å²) in [5, 5.41) is 14.7. The zero-order valence-electron chi connectivity index (χ0n) is 24.8. The highest BCUT2D eigenvalue weighted by molar-refractivity contribution is 7.17. The van der Waals surface area contributed by atoms with Crippen LogP contribution in [0.2, 0.25) is 0 Å². The maximum absolute atomic E-state index is 13.3. The summed E-state index contributed by atoms with van der Waals surface area (Å²) in [6.45, 7) is 1.38. The van der Waals surface area contributed by atoms with Crippen LogP contribution in [-0.2, 0) is 4.79 Å². The minimum atomic E-state index is -2.01. The van der Waals surface area contributed by atoms with Crippen LogP contribution in [0.3, 0.4) is 0 Å². The number of nitrogens with zero attached hydrogens (tertiary/aromatic N) is 5. The average molecular weight is 608 g/mol. The van der Waals surface area contributed by atoms with E-state index in [1.807, 2.05) is 11.0 Å². The normalized spacial score (nSPS) is 15.6. The Morgan fingerprint density at radius 3 is 2.43 bits per heavy atom. The van der Waals surface area contributed by atoms with Crippen LogP contribution in [0.4, 0.5) is 17.2 Å². The first kappa shape index (κ1) is 31.5. The number of likely N-dealkylation sites (tertiary alicyclic amines) is 1. The molecule has 0 spiro atoms. The van der Waals surface area contributed by atoms with E-state index in [0.717, 1.165) is 25.7 Å². The fraction of sp³-hybridized carbons (Fsp3) is 0.429. The summed E-state index contributed by atoms with van der Waals surface area (Å²) in [6.07, 6.45) is 5.04. The number of piperidine rings is 1. The van der Waals surface area contributed by atoms with Gasteiger partial charge >= 0.3 is 0 Å². The lowest BCUT2D eigenvalue weighted by Gasteiger charge is -2.34. The minimum absolute atomic E-state index is 0.0470. The number of para-hydroxylation sites is 1. The van der Waals surface area contributed by atoms with Gasteiger partial charge in [-0.15, -0.1) is 21.5 Å². The van der Waals surface area contributed by atoms with E-state index in [9.17, 15) is 14.4 Å². The van der Waals surface area contributed by atoms with Gasteiger partial charge < -0.3 is 30.5 Å². The van der Waals surface area contributed by atoms with Crippen LogP contribution in [0.15, 0.2) is 30.5 Å². The Bertz CT molecular complexity index is 1550. The molecule has 0 bridgehead atoms. The number of methoxy groups -OCH3 is 1. The third-order valence-corrected chi connectivity index (χ3v) is 8.47. The van der Waals surface area contributed by atoms with Gasteiger partial charge in [0.1, 0.15) is 9.88 Å². The minimum Gasteiger partial charge on any atom is -0.494 e. The van der Waals surface area contributed by atoms with Gasteiger partial charge in [0.25, 0.3) is 11.8 Å². The van der Waals surface area contributed by atoms with E-state index in [1.165, 1.54) is 24.5 Å². The lowest BCUT2D eigenvalue weighted by Crippen LogP contribution is -2.50. The van der Waals surface area contributed by atoms with Crippen molar-refractivity contribution in [2.45, 2.75) is 37.0 Å². The summed E-state index contributed by atoms with van der Waals surface area (Å²) in [5.41, 5.74) is 1.10. The van der Waals surface area contributed by atoms with E-state index < -0.39 is 11.1 Å². The summed E-state index contributed by atoms with van der Waals surface area (Å²) in [5.74, 6) is -0.531. The van der Waals surface area contributed by atoms with Crippen molar-refractivity contribution in [3.63, 3.8) is 0 Å². The Kier molecular flexibility index (Phi) is 9.30. The Morgan fingerprint density at radius 2 is 1.80 bits per heavy atom. The second-order valence-electron chi connectivity index (χ2n) is 11.2. The number of aromatic nitrogens is 3. The number of anilines is 3. The number of thiazole rings is 1. The van der Waals surface area contributed by atoms with Gasteiger partial charge in [-0.3, -0.25) is 14.4 Å². The van der Waals surface area contributed by atoms with E-state index in [0.29, 0.717) is 46.0 Å². The van der Waals surface area contributed by atoms with Gasteiger partial charge in [-0.2, -0.15) is 0 Å². The van der Waals surface area contributed by atoms with Crippen molar-refractivity contribution in [2.75, 3.05) is 44.9 Å². The molecule has 2 fully saturated rings. The number of carbonyl (C=O) groups is 3. The Labute approximate surface area is 263 Å². The van der Waals surface area contributed by atoms with E-state index in [4.69, 9.17) is 28.3 Å². The zero-order valence-corrected chi connectivity index (χ0v) is 25.6. The van der Waals surface area contributed by atoms with E-state index in [2.05, 4.69) is 50.1 Å². The molecule has 1 saturated heterocycles. The molecule has 0 atom stereocenters. The summed E-state index contributed by atoms with van der Waals surface area (Å²) < 4.78 is 5.78. The molecule has 5 rings (SSSR count). The van der Waals surface area contributed by atoms with Crippen LogP contribution in [0, 0.1) is 5.92 Å². The lowest BCUT2D eigenvalue weighted by molar-refractivity contribution is -0.117. The summed E-state index contributed by atoms with van der Waals surface area (Å²) in [7, 11) is 22.3. The first-order valence-electron chi connectivity index (χ1n) is 14.2. The molecule has 3 N–H and O–H groups in total.